The highest BCUT2D eigenvalue weighted by Crippen LogP contribution is 2.23. The normalized spacial score (nSPS) is 14.4. The highest BCUT2D eigenvalue weighted by molar-refractivity contribution is 5.60. The third-order valence-corrected chi connectivity index (χ3v) is 3.82. The number of benzene rings is 1. The maximum Gasteiger partial charge on any atom is 0.207 e. The second-order valence-electron chi connectivity index (χ2n) is 5.51. The van der Waals surface area contributed by atoms with Gasteiger partial charge in [-0.3, -0.25) is 0 Å². The monoisotopic (exact) mass is 282 g/mol. The Morgan fingerprint density at radius 3 is 2.62 bits per heavy atom. The Balaban J connectivity index is 1.74. The highest BCUT2D eigenvalue weighted by atomic mass is 15.2. The van der Waals surface area contributed by atoms with Crippen molar-refractivity contribution in [2.45, 2.75) is 26.3 Å². The van der Waals surface area contributed by atoms with Gasteiger partial charge in [0.1, 0.15) is 0 Å². The number of nitrogens with one attached hydrogen (secondary N) is 1. The van der Waals surface area contributed by atoms with Crippen LogP contribution in [-0.4, -0.2) is 22.6 Å². The summed E-state index contributed by atoms with van der Waals surface area (Å²) in [7, 11) is 0. The van der Waals surface area contributed by atoms with Crippen LogP contribution in [-0.2, 0) is 6.54 Å². The van der Waals surface area contributed by atoms with E-state index in [0.29, 0.717) is 0 Å². The van der Waals surface area contributed by atoms with E-state index in [9.17, 15) is 0 Å². The first-order chi connectivity index (χ1) is 10.3. The third-order valence-electron chi connectivity index (χ3n) is 3.82. The first-order valence-corrected chi connectivity index (χ1v) is 7.53. The SMILES string of the molecule is C=CCn1cc(C)nc1Nc1ccc(N2CCCC2)cc1. The first-order valence-electron chi connectivity index (χ1n) is 7.53. The maximum absolute atomic E-state index is 4.52. The first kappa shape index (κ1) is 13.7. The molecule has 0 unspecified atom stereocenters. The number of aryl methyl sites for hydroxylation is 1. The van der Waals surface area contributed by atoms with E-state index in [1.54, 1.807) is 0 Å². The molecule has 0 radical (unpaired) electrons. The Labute approximate surface area is 126 Å². The molecule has 0 saturated carbocycles. The minimum atomic E-state index is 0.759. The van der Waals surface area contributed by atoms with Crippen LogP contribution >= 0.6 is 0 Å². The molecule has 1 aromatic heterocycles. The van der Waals surface area contributed by atoms with Crippen molar-refractivity contribution in [3.05, 3.63) is 48.8 Å². The maximum atomic E-state index is 4.52. The molecule has 1 fully saturated rings. The number of anilines is 3. The van der Waals surface area contributed by atoms with Crippen LogP contribution < -0.4 is 10.2 Å². The van der Waals surface area contributed by atoms with Gasteiger partial charge in [0.25, 0.3) is 0 Å². The van der Waals surface area contributed by atoms with E-state index in [2.05, 4.69) is 50.6 Å². The van der Waals surface area contributed by atoms with E-state index in [1.807, 2.05) is 19.2 Å². The van der Waals surface area contributed by atoms with Gasteiger partial charge in [0, 0.05) is 37.2 Å². The largest absolute Gasteiger partial charge is 0.372 e. The summed E-state index contributed by atoms with van der Waals surface area (Å²) in [5.74, 6) is 0.862. The average molecular weight is 282 g/mol. The molecule has 1 aliphatic rings. The third kappa shape index (κ3) is 3.10. The molecule has 0 amide bonds. The van der Waals surface area contributed by atoms with Gasteiger partial charge in [-0.05, 0) is 44.0 Å². The number of nitrogens with zero attached hydrogens (tertiary/aromatic N) is 3. The fourth-order valence-electron chi connectivity index (χ4n) is 2.78. The molecule has 2 heterocycles. The molecule has 1 N–H and O–H groups in total. The van der Waals surface area contributed by atoms with Gasteiger partial charge in [0.05, 0.1) is 5.69 Å². The van der Waals surface area contributed by atoms with E-state index in [-0.39, 0.29) is 0 Å². The van der Waals surface area contributed by atoms with Crippen molar-refractivity contribution in [3.8, 4) is 0 Å². The number of allylic oxidation sites excluding steroid dienone is 1. The second-order valence-corrected chi connectivity index (χ2v) is 5.51. The summed E-state index contributed by atoms with van der Waals surface area (Å²) in [6.07, 6.45) is 6.52. The van der Waals surface area contributed by atoms with Gasteiger partial charge in [-0.25, -0.2) is 4.98 Å². The van der Waals surface area contributed by atoms with Gasteiger partial charge < -0.3 is 14.8 Å². The lowest BCUT2D eigenvalue weighted by Gasteiger charge is -2.18. The molecular formula is C17H22N4. The van der Waals surface area contributed by atoms with Crippen LogP contribution in [0.25, 0.3) is 0 Å². The molecule has 1 saturated heterocycles. The molecule has 0 aliphatic carbocycles. The van der Waals surface area contributed by atoms with E-state index < -0.39 is 0 Å². The molecule has 0 bridgehead atoms. The van der Waals surface area contributed by atoms with Crippen LogP contribution in [0.15, 0.2) is 43.1 Å². The van der Waals surface area contributed by atoms with Crippen molar-refractivity contribution < 1.29 is 0 Å². The van der Waals surface area contributed by atoms with Gasteiger partial charge in [-0.2, -0.15) is 0 Å². The van der Waals surface area contributed by atoms with Crippen LogP contribution in [0.4, 0.5) is 17.3 Å². The van der Waals surface area contributed by atoms with Gasteiger partial charge in [0.2, 0.25) is 5.95 Å². The van der Waals surface area contributed by atoms with Crippen LogP contribution in [0.2, 0.25) is 0 Å². The number of hydrogen-bond donors (Lipinski definition) is 1. The lowest BCUT2D eigenvalue weighted by molar-refractivity contribution is 0.832. The Bertz CT molecular complexity index is 606. The molecule has 0 spiro atoms. The summed E-state index contributed by atoms with van der Waals surface area (Å²) in [5, 5.41) is 3.38. The topological polar surface area (TPSA) is 33.1 Å². The predicted octanol–water partition coefficient (Wildman–Crippen LogP) is 3.72. The summed E-state index contributed by atoms with van der Waals surface area (Å²) in [6, 6.07) is 8.61. The fourth-order valence-corrected chi connectivity index (χ4v) is 2.78. The smallest absolute Gasteiger partial charge is 0.207 e. The fraction of sp³-hybridized carbons (Fsp3) is 0.353. The minimum absolute atomic E-state index is 0.759. The standard InChI is InChI=1S/C17H22N4/c1-3-10-21-13-14(2)18-17(21)19-15-6-8-16(9-7-15)20-11-4-5-12-20/h3,6-9,13H,1,4-5,10-12H2,2H3,(H,18,19). The molecule has 21 heavy (non-hydrogen) atoms. The lowest BCUT2D eigenvalue weighted by atomic mass is 10.2. The van der Waals surface area contributed by atoms with Gasteiger partial charge >= 0.3 is 0 Å². The van der Waals surface area contributed by atoms with Crippen molar-refractivity contribution in [2.75, 3.05) is 23.3 Å². The number of imidazole rings is 1. The lowest BCUT2D eigenvalue weighted by Crippen LogP contribution is -2.17. The molecule has 4 nitrogen and oxygen atoms in total. The van der Waals surface area contributed by atoms with Crippen LogP contribution in [0.5, 0.6) is 0 Å². The van der Waals surface area contributed by atoms with Crippen LogP contribution in [0, 0.1) is 6.92 Å². The quantitative estimate of drug-likeness (QED) is 0.848. The van der Waals surface area contributed by atoms with Crippen molar-refractivity contribution in [3.63, 3.8) is 0 Å². The van der Waals surface area contributed by atoms with Crippen molar-refractivity contribution >= 4 is 17.3 Å². The molecule has 3 rings (SSSR count). The summed E-state index contributed by atoms with van der Waals surface area (Å²) in [6.45, 7) is 8.90. The molecule has 2 aromatic rings. The van der Waals surface area contributed by atoms with E-state index >= 15 is 0 Å². The van der Waals surface area contributed by atoms with E-state index in [0.717, 1.165) is 23.9 Å². The molecular weight excluding hydrogens is 260 g/mol. The molecule has 1 aliphatic heterocycles. The van der Waals surface area contributed by atoms with E-state index in [1.165, 1.54) is 31.6 Å². The molecule has 0 atom stereocenters. The predicted molar refractivity (Wildman–Crippen MR) is 88.3 cm³/mol. The number of hydrogen-bond acceptors (Lipinski definition) is 3. The van der Waals surface area contributed by atoms with Gasteiger partial charge in [-0.15, -0.1) is 6.58 Å². The summed E-state index contributed by atoms with van der Waals surface area (Å²) in [5.41, 5.74) is 3.38. The summed E-state index contributed by atoms with van der Waals surface area (Å²) >= 11 is 0. The summed E-state index contributed by atoms with van der Waals surface area (Å²) < 4.78 is 2.07. The van der Waals surface area contributed by atoms with Crippen molar-refractivity contribution in [2.24, 2.45) is 0 Å². The zero-order valence-corrected chi connectivity index (χ0v) is 12.5. The zero-order valence-electron chi connectivity index (χ0n) is 12.5. The Kier molecular flexibility index (Phi) is 3.95. The number of aromatic nitrogens is 2. The Morgan fingerprint density at radius 2 is 1.95 bits per heavy atom. The van der Waals surface area contributed by atoms with Crippen molar-refractivity contribution in [1.82, 2.24) is 9.55 Å². The average Bonchev–Trinajstić information content (AvgIpc) is 3.11. The molecule has 110 valence electrons. The van der Waals surface area contributed by atoms with E-state index in [4.69, 9.17) is 0 Å². The van der Waals surface area contributed by atoms with Gasteiger partial charge in [-0.1, -0.05) is 6.08 Å². The second kappa shape index (κ2) is 6.04. The summed E-state index contributed by atoms with van der Waals surface area (Å²) in [4.78, 5) is 6.96. The van der Waals surface area contributed by atoms with Gasteiger partial charge in [0.15, 0.2) is 0 Å². The molecule has 4 heteroatoms. The van der Waals surface area contributed by atoms with Crippen LogP contribution in [0.1, 0.15) is 18.5 Å². The highest BCUT2D eigenvalue weighted by Gasteiger charge is 2.12. The molecule has 1 aromatic carbocycles. The minimum Gasteiger partial charge on any atom is -0.372 e. The van der Waals surface area contributed by atoms with Crippen molar-refractivity contribution in [1.29, 1.82) is 0 Å². The Hall–Kier alpha value is -2.23. The zero-order chi connectivity index (χ0) is 14.7. The number of rotatable bonds is 5. The Morgan fingerprint density at radius 1 is 1.24 bits per heavy atom. The van der Waals surface area contributed by atoms with Crippen LogP contribution in [0.3, 0.4) is 0 Å².